The molecule has 0 radical (unpaired) electrons. The molecular weight excluding hydrogens is 362 g/mol. The standard InChI is InChI=1S/C19H25N5O4/c1-22(2)19(20)14-5-3-13(4-6-14)16-9-15(28-21-16)10-24-8-7-23(11-17(24)25)12-18(26)27/h3-6,15,20H,7-12H2,1-2H3,(H,26,27). The molecule has 9 heteroatoms. The molecule has 1 aromatic rings. The van der Waals surface area contributed by atoms with E-state index in [9.17, 15) is 9.59 Å². The van der Waals surface area contributed by atoms with Gasteiger partial charge in [0.2, 0.25) is 5.91 Å². The molecule has 9 nitrogen and oxygen atoms in total. The van der Waals surface area contributed by atoms with Crippen LogP contribution in [0.15, 0.2) is 29.4 Å². The average Bonchev–Trinajstić information content (AvgIpc) is 3.11. The highest BCUT2D eigenvalue weighted by molar-refractivity contribution is 6.02. The average molecular weight is 387 g/mol. The molecule has 0 saturated carbocycles. The van der Waals surface area contributed by atoms with E-state index in [-0.39, 0.29) is 25.1 Å². The number of nitrogens with one attached hydrogen (secondary N) is 1. The lowest BCUT2D eigenvalue weighted by atomic mass is 10.0. The number of amidine groups is 1. The number of benzene rings is 1. The zero-order chi connectivity index (χ0) is 20.3. The van der Waals surface area contributed by atoms with E-state index in [1.54, 1.807) is 14.7 Å². The number of amides is 1. The van der Waals surface area contributed by atoms with Crippen molar-refractivity contribution < 1.29 is 19.5 Å². The first-order valence-corrected chi connectivity index (χ1v) is 9.15. The fraction of sp³-hybridized carbons (Fsp3) is 0.474. The van der Waals surface area contributed by atoms with Gasteiger partial charge in [-0.2, -0.15) is 0 Å². The summed E-state index contributed by atoms with van der Waals surface area (Å²) in [6, 6.07) is 7.62. The Morgan fingerprint density at radius 2 is 2.04 bits per heavy atom. The molecule has 28 heavy (non-hydrogen) atoms. The van der Waals surface area contributed by atoms with Crippen molar-refractivity contribution >= 4 is 23.4 Å². The Bertz CT molecular complexity index is 790. The van der Waals surface area contributed by atoms with Gasteiger partial charge in [0.05, 0.1) is 25.3 Å². The Morgan fingerprint density at radius 3 is 2.64 bits per heavy atom. The van der Waals surface area contributed by atoms with Crippen molar-refractivity contribution in [3.05, 3.63) is 35.4 Å². The molecule has 1 aromatic carbocycles. The molecule has 1 amide bonds. The number of piperazine rings is 1. The lowest BCUT2D eigenvalue weighted by Crippen LogP contribution is -2.53. The summed E-state index contributed by atoms with van der Waals surface area (Å²) in [5.74, 6) is -0.573. The number of hydrogen-bond donors (Lipinski definition) is 2. The van der Waals surface area contributed by atoms with E-state index in [2.05, 4.69) is 5.16 Å². The van der Waals surface area contributed by atoms with E-state index in [1.807, 2.05) is 38.4 Å². The first-order valence-electron chi connectivity index (χ1n) is 9.15. The van der Waals surface area contributed by atoms with Gasteiger partial charge in [-0.05, 0) is 5.56 Å². The van der Waals surface area contributed by atoms with E-state index in [0.29, 0.717) is 31.9 Å². The summed E-state index contributed by atoms with van der Waals surface area (Å²) in [7, 11) is 3.66. The summed E-state index contributed by atoms with van der Waals surface area (Å²) in [4.78, 5) is 33.6. The number of hydrogen-bond acceptors (Lipinski definition) is 6. The Morgan fingerprint density at radius 1 is 1.32 bits per heavy atom. The van der Waals surface area contributed by atoms with Crippen molar-refractivity contribution in [2.45, 2.75) is 12.5 Å². The maximum Gasteiger partial charge on any atom is 0.317 e. The third kappa shape index (κ3) is 4.66. The van der Waals surface area contributed by atoms with Gasteiger partial charge < -0.3 is 19.7 Å². The van der Waals surface area contributed by atoms with Crippen LogP contribution in [0.2, 0.25) is 0 Å². The largest absolute Gasteiger partial charge is 0.480 e. The second-order valence-corrected chi connectivity index (χ2v) is 7.23. The molecule has 0 aromatic heterocycles. The van der Waals surface area contributed by atoms with E-state index in [0.717, 1.165) is 16.8 Å². The van der Waals surface area contributed by atoms with E-state index < -0.39 is 5.97 Å². The fourth-order valence-corrected chi connectivity index (χ4v) is 3.30. The van der Waals surface area contributed by atoms with E-state index >= 15 is 0 Å². The number of nitrogens with zero attached hydrogens (tertiary/aromatic N) is 4. The van der Waals surface area contributed by atoms with Gasteiger partial charge >= 0.3 is 5.97 Å². The van der Waals surface area contributed by atoms with Crippen molar-refractivity contribution in [3.8, 4) is 0 Å². The van der Waals surface area contributed by atoms with Gasteiger partial charge in [0.15, 0.2) is 6.10 Å². The molecule has 1 saturated heterocycles. The van der Waals surface area contributed by atoms with Crippen molar-refractivity contribution in [3.63, 3.8) is 0 Å². The van der Waals surface area contributed by atoms with Crippen molar-refractivity contribution in [1.82, 2.24) is 14.7 Å². The summed E-state index contributed by atoms with van der Waals surface area (Å²) in [5.41, 5.74) is 2.59. The minimum atomic E-state index is -0.926. The summed E-state index contributed by atoms with van der Waals surface area (Å²) in [6.07, 6.45) is 0.400. The van der Waals surface area contributed by atoms with E-state index in [1.165, 1.54) is 0 Å². The van der Waals surface area contributed by atoms with Gasteiger partial charge in [-0.25, -0.2) is 0 Å². The van der Waals surface area contributed by atoms with Crippen LogP contribution in [-0.2, 0) is 14.4 Å². The zero-order valence-electron chi connectivity index (χ0n) is 16.1. The first-order chi connectivity index (χ1) is 13.3. The molecule has 1 unspecified atom stereocenters. The number of aliphatic carboxylic acids is 1. The molecule has 3 rings (SSSR count). The Hall–Kier alpha value is -2.94. The molecular formula is C19H25N5O4. The molecule has 1 fully saturated rings. The summed E-state index contributed by atoms with van der Waals surface area (Å²) >= 11 is 0. The summed E-state index contributed by atoms with van der Waals surface area (Å²) < 4.78 is 0. The maximum atomic E-state index is 12.3. The summed E-state index contributed by atoms with van der Waals surface area (Å²) in [5, 5.41) is 21.0. The Kier molecular flexibility index (Phi) is 5.93. The SMILES string of the molecule is CN(C)C(=N)c1ccc(C2=NOC(CN3CCN(CC(=O)O)CC3=O)C2)cc1. The third-order valence-corrected chi connectivity index (χ3v) is 4.85. The highest BCUT2D eigenvalue weighted by Crippen LogP contribution is 2.19. The van der Waals surface area contributed by atoms with Crippen molar-refractivity contribution in [2.24, 2.45) is 5.16 Å². The van der Waals surface area contributed by atoms with Gasteiger partial charge in [0.25, 0.3) is 0 Å². The normalized spacial score (nSPS) is 19.9. The predicted molar refractivity (Wildman–Crippen MR) is 104 cm³/mol. The minimum absolute atomic E-state index is 0.0869. The zero-order valence-corrected chi connectivity index (χ0v) is 16.1. The number of carbonyl (C=O) groups excluding carboxylic acids is 1. The molecule has 0 aliphatic carbocycles. The van der Waals surface area contributed by atoms with Crippen LogP contribution < -0.4 is 0 Å². The number of carbonyl (C=O) groups is 2. The number of oxime groups is 1. The lowest BCUT2D eigenvalue weighted by molar-refractivity contribution is -0.143. The highest BCUT2D eigenvalue weighted by atomic mass is 16.6. The molecule has 150 valence electrons. The van der Waals surface area contributed by atoms with Gasteiger partial charge in [0, 0.05) is 39.2 Å². The second-order valence-electron chi connectivity index (χ2n) is 7.23. The molecule has 2 N–H and O–H groups in total. The van der Waals surface area contributed by atoms with Crippen LogP contribution in [0.5, 0.6) is 0 Å². The van der Waals surface area contributed by atoms with Crippen molar-refractivity contribution in [1.29, 1.82) is 5.41 Å². The maximum absolute atomic E-state index is 12.3. The van der Waals surface area contributed by atoms with Gasteiger partial charge in [-0.3, -0.25) is 19.9 Å². The van der Waals surface area contributed by atoms with Crippen LogP contribution in [0.1, 0.15) is 17.5 Å². The van der Waals surface area contributed by atoms with Gasteiger partial charge in [-0.1, -0.05) is 29.4 Å². The quantitative estimate of drug-likeness (QED) is 0.537. The smallest absolute Gasteiger partial charge is 0.317 e. The highest BCUT2D eigenvalue weighted by Gasteiger charge is 2.30. The molecule has 2 aliphatic rings. The van der Waals surface area contributed by atoms with Gasteiger partial charge in [0.1, 0.15) is 5.84 Å². The van der Waals surface area contributed by atoms with E-state index in [4.69, 9.17) is 15.4 Å². The molecule has 1 atom stereocenters. The van der Waals surface area contributed by atoms with Crippen LogP contribution in [0.4, 0.5) is 0 Å². The van der Waals surface area contributed by atoms with Crippen LogP contribution in [-0.4, -0.2) is 96.2 Å². The monoisotopic (exact) mass is 387 g/mol. The van der Waals surface area contributed by atoms with Gasteiger partial charge in [-0.15, -0.1) is 0 Å². The minimum Gasteiger partial charge on any atom is -0.480 e. The molecule has 2 heterocycles. The van der Waals surface area contributed by atoms with Crippen LogP contribution in [0.3, 0.4) is 0 Å². The fourth-order valence-electron chi connectivity index (χ4n) is 3.30. The topological polar surface area (TPSA) is 110 Å². The number of rotatable bonds is 6. The molecule has 2 aliphatic heterocycles. The predicted octanol–water partition coefficient (Wildman–Crippen LogP) is 0.295. The van der Waals surface area contributed by atoms with Crippen LogP contribution in [0.25, 0.3) is 0 Å². The lowest BCUT2D eigenvalue weighted by Gasteiger charge is -2.34. The van der Waals surface area contributed by atoms with Crippen LogP contribution >= 0.6 is 0 Å². The Balaban J connectivity index is 1.52. The second kappa shape index (κ2) is 8.39. The first kappa shape index (κ1) is 19.8. The molecule has 0 bridgehead atoms. The number of carboxylic acids is 1. The summed E-state index contributed by atoms with van der Waals surface area (Å²) in [6.45, 7) is 1.47. The third-order valence-electron chi connectivity index (χ3n) is 4.85. The van der Waals surface area contributed by atoms with Crippen LogP contribution in [0, 0.1) is 5.41 Å². The number of carboxylic acid groups (broad SMARTS) is 1. The Labute approximate surface area is 163 Å². The molecule has 0 spiro atoms. The van der Waals surface area contributed by atoms with Crippen molar-refractivity contribution in [2.75, 3.05) is 46.8 Å².